The van der Waals surface area contributed by atoms with Crippen LogP contribution in [0.4, 0.5) is 0 Å². The third-order valence-electron chi connectivity index (χ3n) is 4.46. The second-order valence-electron chi connectivity index (χ2n) is 6.93. The van der Waals surface area contributed by atoms with Crippen molar-refractivity contribution in [3.8, 4) is 0 Å². The van der Waals surface area contributed by atoms with E-state index in [1.165, 1.54) is 38.5 Å². The van der Waals surface area contributed by atoms with E-state index in [9.17, 15) is 0 Å². The summed E-state index contributed by atoms with van der Waals surface area (Å²) in [4.78, 5) is 0. The molecule has 0 aromatic rings. The summed E-state index contributed by atoms with van der Waals surface area (Å²) in [6.07, 6.45) is 8.52. The van der Waals surface area contributed by atoms with Gasteiger partial charge in [-0.3, -0.25) is 0 Å². The zero-order valence-corrected chi connectivity index (χ0v) is 12.9. The van der Waals surface area contributed by atoms with Crippen LogP contribution in [0.25, 0.3) is 0 Å². The highest BCUT2D eigenvalue weighted by molar-refractivity contribution is 6.74. The Morgan fingerprint density at radius 2 is 1.50 bits per heavy atom. The Labute approximate surface area is 103 Å². The molecule has 1 aliphatic carbocycles. The maximum absolute atomic E-state index is 6.33. The van der Waals surface area contributed by atoms with E-state index in [4.69, 9.17) is 4.43 Å². The van der Waals surface area contributed by atoms with Crippen molar-refractivity contribution in [3.63, 3.8) is 0 Å². The predicted molar refractivity (Wildman–Crippen MR) is 74.3 cm³/mol. The minimum Gasteiger partial charge on any atom is -0.417 e. The van der Waals surface area contributed by atoms with Gasteiger partial charge in [-0.25, -0.2) is 0 Å². The molecule has 1 saturated carbocycles. The molecule has 0 atom stereocenters. The summed E-state index contributed by atoms with van der Waals surface area (Å²) in [7, 11) is -1.51. The lowest BCUT2D eigenvalue weighted by Crippen LogP contribution is -2.41. The lowest BCUT2D eigenvalue weighted by molar-refractivity contribution is 0.214. The molecule has 0 unspecified atom stereocenters. The lowest BCUT2D eigenvalue weighted by Gasteiger charge is -2.37. The van der Waals surface area contributed by atoms with Gasteiger partial charge in [0.15, 0.2) is 8.32 Å². The Morgan fingerprint density at radius 1 is 1.00 bits per heavy atom. The first kappa shape index (κ1) is 14.2. The average molecular weight is 242 g/mol. The van der Waals surface area contributed by atoms with Crippen LogP contribution in [0.3, 0.4) is 0 Å². The van der Waals surface area contributed by atoms with E-state index in [0.29, 0.717) is 5.04 Å². The standard InChI is InChI=1S/C14H30OSi/c1-14(2,3)16(4,5)15-12-13-10-8-6-7-9-11-13/h13H,6-12H2,1-5H3. The van der Waals surface area contributed by atoms with Crippen LogP contribution in [-0.2, 0) is 4.43 Å². The molecular formula is C14H30OSi. The molecule has 1 rings (SSSR count). The van der Waals surface area contributed by atoms with Crippen molar-refractivity contribution >= 4 is 8.32 Å². The monoisotopic (exact) mass is 242 g/mol. The van der Waals surface area contributed by atoms with Gasteiger partial charge in [-0.15, -0.1) is 0 Å². The third-order valence-corrected chi connectivity index (χ3v) is 8.96. The van der Waals surface area contributed by atoms with Crippen molar-refractivity contribution in [1.29, 1.82) is 0 Å². The van der Waals surface area contributed by atoms with Gasteiger partial charge in [-0.2, -0.15) is 0 Å². The molecule has 0 radical (unpaired) electrons. The van der Waals surface area contributed by atoms with Gasteiger partial charge in [-0.1, -0.05) is 46.5 Å². The predicted octanol–water partition coefficient (Wildman–Crippen LogP) is 4.98. The lowest BCUT2D eigenvalue weighted by atomic mass is 10.0. The molecule has 0 aliphatic heterocycles. The molecule has 0 bridgehead atoms. The minimum absolute atomic E-state index is 0.359. The summed E-state index contributed by atoms with van der Waals surface area (Å²) in [6, 6.07) is 0. The molecule has 1 nitrogen and oxygen atoms in total. The van der Waals surface area contributed by atoms with Crippen LogP contribution in [-0.4, -0.2) is 14.9 Å². The van der Waals surface area contributed by atoms with Crippen molar-refractivity contribution in [2.24, 2.45) is 5.92 Å². The van der Waals surface area contributed by atoms with E-state index in [2.05, 4.69) is 33.9 Å². The summed E-state index contributed by atoms with van der Waals surface area (Å²) in [5, 5.41) is 0.359. The van der Waals surface area contributed by atoms with Crippen LogP contribution in [0.5, 0.6) is 0 Å². The van der Waals surface area contributed by atoms with E-state index in [1.807, 2.05) is 0 Å². The summed E-state index contributed by atoms with van der Waals surface area (Å²) in [6.45, 7) is 12.7. The Kier molecular flexibility index (Phi) is 5.05. The van der Waals surface area contributed by atoms with Gasteiger partial charge in [0.25, 0.3) is 0 Å². The first-order valence-electron chi connectivity index (χ1n) is 6.97. The zero-order chi connectivity index (χ0) is 12.2. The van der Waals surface area contributed by atoms with Gasteiger partial charge in [0.05, 0.1) is 0 Å². The highest BCUT2D eigenvalue weighted by atomic mass is 28.4. The van der Waals surface area contributed by atoms with Crippen molar-refractivity contribution < 1.29 is 4.43 Å². The highest BCUT2D eigenvalue weighted by Crippen LogP contribution is 2.37. The summed E-state index contributed by atoms with van der Waals surface area (Å²) in [5.74, 6) is 0.844. The van der Waals surface area contributed by atoms with Crippen LogP contribution in [0.15, 0.2) is 0 Å². The average Bonchev–Trinajstić information content (AvgIpc) is 2.41. The molecule has 0 saturated heterocycles. The summed E-state index contributed by atoms with van der Waals surface area (Å²) >= 11 is 0. The van der Waals surface area contributed by atoms with Crippen LogP contribution < -0.4 is 0 Å². The molecule has 2 heteroatoms. The van der Waals surface area contributed by atoms with E-state index >= 15 is 0 Å². The Hall–Kier alpha value is 0.177. The largest absolute Gasteiger partial charge is 0.417 e. The minimum atomic E-state index is -1.51. The van der Waals surface area contributed by atoms with E-state index < -0.39 is 8.32 Å². The van der Waals surface area contributed by atoms with E-state index in [-0.39, 0.29) is 0 Å². The van der Waals surface area contributed by atoms with Gasteiger partial charge >= 0.3 is 0 Å². The van der Waals surface area contributed by atoms with Gasteiger partial charge in [-0.05, 0) is 36.9 Å². The molecule has 1 aliphatic rings. The van der Waals surface area contributed by atoms with Gasteiger partial charge in [0.1, 0.15) is 0 Å². The van der Waals surface area contributed by atoms with Crippen LogP contribution >= 0.6 is 0 Å². The van der Waals surface area contributed by atoms with Crippen LogP contribution in [0, 0.1) is 5.92 Å². The number of hydrogen-bond acceptors (Lipinski definition) is 1. The normalized spacial score (nSPS) is 20.8. The molecule has 96 valence electrons. The number of rotatable bonds is 3. The molecule has 1 fully saturated rings. The first-order valence-corrected chi connectivity index (χ1v) is 9.88. The second-order valence-corrected chi connectivity index (χ2v) is 11.7. The van der Waals surface area contributed by atoms with Crippen LogP contribution in [0.1, 0.15) is 59.3 Å². The Morgan fingerprint density at radius 3 is 1.94 bits per heavy atom. The fraction of sp³-hybridized carbons (Fsp3) is 1.00. The van der Waals surface area contributed by atoms with Gasteiger partial charge in [0.2, 0.25) is 0 Å². The Balaban J connectivity index is 2.37. The van der Waals surface area contributed by atoms with E-state index in [0.717, 1.165) is 12.5 Å². The molecule has 0 aromatic carbocycles. The van der Waals surface area contributed by atoms with E-state index in [1.54, 1.807) is 0 Å². The van der Waals surface area contributed by atoms with Crippen molar-refractivity contribution in [2.45, 2.75) is 77.4 Å². The van der Waals surface area contributed by atoms with Gasteiger partial charge < -0.3 is 4.43 Å². The molecular weight excluding hydrogens is 212 g/mol. The second kappa shape index (κ2) is 5.68. The highest BCUT2D eigenvalue weighted by Gasteiger charge is 2.37. The Bertz CT molecular complexity index is 197. The summed E-state index contributed by atoms with van der Waals surface area (Å²) < 4.78 is 6.33. The molecule has 0 spiro atoms. The maximum Gasteiger partial charge on any atom is 0.191 e. The smallest absolute Gasteiger partial charge is 0.191 e. The fourth-order valence-corrected chi connectivity index (χ4v) is 3.16. The molecule has 0 N–H and O–H groups in total. The number of hydrogen-bond donors (Lipinski definition) is 0. The topological polar surface area (TPSA) is 9.23 Å². The van der Waals surface area contributed by atoms with Gasteiger partial charge in [0, 0.05) is 6.61 Å². The van der Waals surface area contributed by atoms with Crippen molar-refractivity contribution in [3.05, 3.63) is 0 Å². The molecule has 0 heterocycles. The molecule has 0 amide bonds. The van der Waals surface area contributed by atoms with Crippen LogP contribution in [0.2, 0.25) is 18.1 Å². The molecule has 0 aromatic heterocycles. The quantitative estimate of drug-likeness (QED) is 0.501. The zero-order valence-electron chi connectivity index (χ0n) is 11.9. The van der Waals surface area contributed by atoms with Crippen molar-refractivity contribution in [1.82, 2.24) is 0 Å². The SMILES string of the molecule is CC(C)(C)[Si](C)(C)OCC1CCCCCC1. The summed E-state index contributed by atoms with van der Waals surface area (Å²) in [5.41, 5.74) is 0. The maximum atomic E-state index is 6.33. The van der Waals surface area contributed by atoms with Crippen molar-refractivity contribution in [2.75, 3.05) is 6.61 Å². The fourth-order valence-electron chi connectivity index (χ4n) is 2.07. The third kappa shape index (κ3) is 4.21. The first-order chi connectivity index (χ1) is 7.33. The molecule has 16 heavy (non-hydrogen) atoms.